The first-order valence-electron chi connectivity index (χ1n) is 16.2. The van der Waals surface area contributed by atoms with Crippen LogP contribution in [0.5, 0.6) is 17.5 Å². The Morgan fingerprint density at radius 1 is 1.20 bits per heavy atom. The van der Waals surface area contributed by atoms with Crippen molar-refractivity contribution in [2.45, 2.75) is 51.3 Å². The zero-order valence-corrected chi connectivity index (χ0v) is 27.1. The minimum Gasteiger partial charge on any atom is -0.496 e. The summed E-state index contributed by atoms with van der Waals surface area (Å²) in [5, 5.41) is 9.07. The highest BCUT2D eigenvalue weighted by atomic mass is 16.5. The van der Waals surface area contributed by atoms with Gasteiger partial charge >= 0.3 is 6.01 Å². The summed E-state index contributed by atoms with van der Waals surface area (Å²) in [5.74, 6) is 2.95. The van der Waals surface area contributed by atoms with Crippen molar-refractivity contribution in [1.82, 2.24) is 19.8 Å². The number of likely N-dealkylation sites (tertiary alicyclic amines) is 1. The normalized spacial score (nSPS) is 25.3. The molecule has 3 aromatic rings. The fraction of sp³-hybridized carbons (Fsp3) is 0.486. The van der Waals surface area contributed by atoms with E-state index in [1.54, 1.807) is 7.11 Å². The number of nitrogens with two attached hydrogens (primary N) is 1. The topological polar surface area (TPSA) is 130 Å². The Balaban J connectivity index is 1.43. The van der Waals surface area contributed by atoms with Crippen molar-refractivity contribution in [1.29, 1.82) is 5.41 Å². The van der Waals surface area contributed by atoms with Gasteiger partial charge in [-0.25, -0.2) is 0 Å². The molecule has 2 aliphatic carbocycles. The van der Waals surface area contributed by atoms with Gasteiger partial charge < -0.3 is 40.1 Å². The van der Waals surface area contributed by atoms with Crippen LogP contribution in [-0.2, 0) is 4.79 Å². The first-order valence-corrected chi connectivity index (χ1v) is 16.2. The van der Waals surface area contributed by atoms with Gasteiger partial charge in [-0.3, -0.25) is 4.79 Å². The molecule has 7 rings (SSSR count). The van der Waals surface area contributed by atoms with Crippen LogP contribution in [0, 0.1) is 24.2 Å². The van der Waals surface area contributed by atoms with Crippen molar-refractivity contribution in [3.05, 3.63) is 42.0 Å². The molecule has 46 heavy (non-hydrogen) atoms. The third-order valence-electron chi connectivity index (χ3n) is 10.3. The van der Waals surface area contributed by atoms with E-state index in [-0.39, 0.29) is 24.1 Å². The van der Waals surface area contributed by atoms with E-state index in [1.165, 1.54) is 18.7 Å². The number of carbonyl (C=O) groups is 1. The SMILES string of the molecule is C=CC(=O)N1CCN(c2nc(OCC3CCCN3C)nc3c(OC4C5CC54)c(-c4c(C)ccc(N)c4C=N)c(OC)cc23)[C@@H](C)C1. The van der Waals surface area contributed by atoms with Crippen LogP contribution in [0.3, 0.4) is 0 Å². The van der Waals surface area contributed by atoms with Gasteiger partial charge in [0.2, 0.25) is 5.91 Å². The quantitative estimate of drug-likeness (QED) is 0.193. The fourth-order valence-corrected chi connectivity index (χ4v) is 7.20. The fourth-order valence-electron chi connectivity index (χ4n) is 7.20. The van der Waals surface area contributed by atoms with Crippen LogP contribution in [0.4, 0.5) is 11.5 Å². The molecule has 4 aliphatic rings. The van der Waals surface area contributed by atoms with Gasteiger partial charge in [-0.15, -0.1) is 0 Å². The van der Waals surface area contributed by atoms with E-state index in [2.05, 4.69) is 30.4 Å². The van der Waals surface area contributed by atoms with Crippen molar-refractivity contribution >= 4 is 34.5 Å². The number of carbonyl (C=O) groups excluding carboxylic acids is 1. The van der Waals surface area contributed by atoms with Crippen molar-refractivity contribution in [3.8, 4) is 28.6 Å². The maximum atomic E-state index is 12.5. The predicted octanol–water partition coefficient (Wildman–Crippen LogP) is 4.29. The number of nitrogens with one attached hydrogen (secondary N) is 1. The summed E-state index contributed by atoms with van der Waals surface area (Å²) < 4.78 is 19.4. The highest BCUT2D eigenvalue weighted by molar-refractivity contribution is 6.06. The highest BCUT2D eigenvalue weighted by Gasteiger charge is 2.67. The third kappa shape index (κ3) is 5.20. The zero-order chi connectivity index (χ0) is 32.3. The van der Waals surface area contributed by atoms with Gasteiger partial charge in [-0.2, -0.15) is 9.97 Å². The average Bonchev–Trinajstić information content (AvgIpc) is 3.95. The van der Waals surface area contributed by atoms with Crippen LogP contribution in [0.1, 0.15) is 37.3 Å². The Morgan fingerprint density at radius 3 is 2.63 bits per heavy atom. The second-order valence-electron chi connectivity index (χ2n) is 13.2. The van der Waals surface area contributed by atoms with Gasteiger partial charge in [0.15, 0.2) is 5.75 Å². The molecular formula is C35H43N7O4. The van der Waals surface area contributed by atoms with Crippen molar-refractivity contribution in [2.24, 2.45) is 11.8 Å². The smallest absolute Gasteiger partial charge is 0.319 e. The first-order chi connectivity index (χ1) is 22.2. The summed E-state index contributed by atoms with van der Waals surface area (Å²) in [5.41, 5.74) is 10.6. The molecule has 4 atom stereocenters. The molecule has 1 aromatic heterocycles. The lowest BCUT2D eigenvalue weighted by atomic mass is 9.91. The van der Waals surface area contributed by atoms with E-state index < -0.39 is 0 Å². The lowest BCUT2D eigenvalue weighted by molar-refractivity contribution is -0.126. The summed E-state index contributed by atoms with van der Waals surface area (Å²) in [6.07, 6.45) is 6.16. The molecule has 11 nitrogen and oxygen atoms in total. The van der Waals surface area contributed by atoms with Gasteiger partial charge in [0.25, 0.3) is 0 Å². The van der Waals surface area contributed by atoms with Crippen LogP contribution >= 0.6 is 0 Å². The molecular weight excluding hydrogens is 582 g/mol. The number of nitrogen functional groups attached to an aromatic ring is 1. The average molecular weight is 626 g/mol. The van der Waals surface area contributed by atoms with E-state index >= 15 is 0 Å². The molecule has 2 aliphatic heterocycles. The van der Waals surface area contributed by atoms with Gasteiger partial charge in [-0.05, 0) is 70.5 Å². The highest BCUT2D eigenvalue weighted by Crippen LogP contribution is 2.65. The maximum Gasteiger partial charge on any atom is 0.319 e. The lowest BCUT2D eigenvalue weighted by Crippen LogP contribution is -2.53. The number of amides is 1. The van der Waals surface area contributed by atoms with E-state index in [9.17, 15) is 4.79 Å². The zero-order valence-electron chi connectivity index (χ0n) is 27.1. The number of anilines is 2. The maximum absolute atomic E-state index is 12.5. The van der Waals surface area contributed by atoms with Gasteiger partial charge in [0.05, 0.1) is 18.1 Å². The van der Waals surface area contributed by atoms with E-state index in [4.69, 9.17) is 35.3 Å². The minimum absolute atomic E-state index is 0.0311. The van der Waals surface area contributed by atoms with Gasteiger partial charge in [-0.1, -0.05) is 12.6 Å². The molecule has 0 radical (unpaired) electrons. The van der Waals surface area contributed by atoms with Crippen LogP contribution in [0.25, 0.3) is 22.0 Å². The molecule has 11 heteroatoms. The number of likely N-dealkylation sites (N-methyl/N-ethyl adjacent to an activating group) is 1. The number of aryl methyl sites for hydroxylation is 1. The number of hydrogen-bond acceptors (Lipinski definition) is 10. The number of benzene rings is 2. The van der Waals surface area contributed by atoms with E-state index in [0.717, 1.165) is 41.5 Å². The van der Waals surface area contributed by atoms with E-state index in [1.807, 2.05) is 30.0 Å². The minimum atomic E-state index is -0.0757. The monoisotopic (exact) mass is 625 g/mol. The second kappa shape index (κ2) is 11.8. The largest absolute Gasteiger partial charge is 0.496 e. The third-order valence-corrected chi connectivity index (χ3v) is 10.3. The number of nitrogens with zero attached hydrogens (tertiary/aromatic N) is 5. The number of fused-ring (bicyclic) bond motifs is 2. The van der Waals surface area contributed by atoms with Gasteiger partial charge in [0.1, 0.15) is 29.8 Å². The summed E-state index contributed by atoms with van der Waals surface area (Å²) in [7, 11) is 3.77. The Hall–Kier alpha value is -4.38. The lowest BCUT2D eigenvalue weighted by Gasteiger charge is -2.40. The second-order valence-corrected chi connectivity index (χ2v) is 13.2. The number of piperazine rings is 1. The van der Waals surface area contributed by atoms with Crippen molar-refractivity contribution < 1.29 is 19.0 Å². The van der Waals surface area contributed by atoms with E-state index in [0.29, 0.717) is 78.2 Å². The molecule has 2 aromatic carbocycles. The molecule has 2 saturated heterocycles. The predicted molar refractivity (Wildman–Crippen MR) is 179 cm³/mol. The number of rotatable bonds is 10. The number of methoxy groups -OCH3 is 1. The molecule has 2 saturated carbocycles. The number of hydrogen-bond donors (Lipinski definition) is 2. The molecule has 3 N–H and O–H groups in total. The van der Waals surface area contributed by atoms with Crippen LogP contribution in [-0.4, -0.2) is 97.0 Å². The molecule has 3 unspecified atom stereocenters. The van der Waals surface area contributed by atoms with Crippen LogP contribution < -0.4 is 24.8 Å². The van der Waals surface area contributed by atoms with Crippen LogP contribution in [0.15, 0.2) is 30.9 Å². The molecule has 242 valence electrons. The summed E-state index contributed by atoms with van der Waals surface area (Å²) in [6.45, 7) is 11.0. The Bertz CT molecular complexity index is 1720. The summed E-state index contributed by atoms with van der Waals surface area (Å²) in [4.78, 5) is 28.9. The molecule has 3 heterocycles. The first kappa shape index (κ1) is 30.3. The molecule has 1 amide bonds. The Labute approximate surface area is 269 Å². The summed E-state index contributed by atoms with van der Waals surface area (Å²) in [6, 6.07) is 6.31. The molecule has 0 bridgehead atoms. The molecule has 0 spiro atoms. The Morgan fingerprint density at radius 2 is 2.00 bits per heavy atom. The van der Waals surface area contributed by atoms with Crippen LogP contribution in [0.2, 0.25) is 0 Å². The van der Waals surface area contributed by atoms with Gasteiger partial charge in [0, 0.05) is 66.6 Å². The number of ether oxygens (including phenoxy) is 3. The van der Waals surface area contributed by atoms with Crippen molar-refractivity contribution in [2.75, 3.05) is 57.6 Å². The Kier molecular flexibility index (Phi) is 7.75. The molecule has 4 fully saturated rings. The van der Waals surface area contributed by atoms with Crippen molar-refractivity contribution in [3.63, 3.8) is 0 Å². The summed E-state index contributed by atoms with van der Waals surface area (Å²) >= 11 is 0. The standard InChI is InChI=1S/C35H43N7O4/c1-6-28(43)41-12-13-42(20(3)17-41)34-24-15-27(44-5)30(29-19(2)9-10-26(37)25(29)16-36)33(46-32-22-14-23(22)32)31(24)38-35(39-34)45-18-21-8-7-11-40(21)4/h6,9-10,15-16,20-23,32,36H,1,7-8,11-14,17-18,37H2,2-5H3/t20-,21?,22?,23?,32?/m0/s1. The number of aromatic nitrogens is 2.